The third-order valence-electron chi connectivity index (χ3n) is 7.28. The van der Waals surface area contributed by atoms with Crippen LogP contribution in [0.3, 0.4) is 0 Å². The van der Waals surface area contributed by atoms with Gasteiger partial charge in [0.15, 0.2) is 11.5 Å². The molecular formula is C32H30F5N3O3. The number of aliphatic hydroxyl groups is 1. The highest BCUT2D eigenvalue weighted by molar-refractivity contribution is 5.70. The van der Waals surface area contributed by atoms with Gasteiger partial charge in [0.25, 0.3) is 0 Å². The number of halogens is 5. The van der Waals surface area contributed by atoms with Crippen LogP contribution in [0.5, 0.6) is 5.75 Å². The number of ether oxygens (including phenoxy) is 1. The molecular weight excluding hydrogens is 569 g/mol. The smallest absolute Gasteiger partial charge is 0.436 e. The topological polar surface area (TPSA) is 70.8 Å². The summed E-state index contributed by atoms with van der Waals surface area (Å²) in [5.74, 6) is -0.559. The van der Waals surface area contributed by atoms with E-state index in [2.05, 4.69) is 15.4 Å². The van der Waals surface area contributed by atoms with E-state index in [1.54, 1.807) is 54.6 Å². The third kappa shape index (κ3) is 7.86. The second-order valence-electron chi connectivity index (χ2n) is 10.3. The average Bonchev–Trinajstić information content (AvgIpc) is 3.48. The Morgan fingerprint density at radius 3 is 2.26 bits per heavy atom. The fraction of sp³-hybridized carbons (Fsp3) is 0.281. The minimum Gasteiger partial charge on any atom is -0.490 e. The quantitative estimate of drug-likeness (QED) is 0.219. The highest BCUT2D eigenvalue weighted by atomic mass is 19.4. The van der Waals surface area contributed by atoms with Crippen LogP contribution in [-0.4, -0.2) is 60.1 Å². The molecule has 11 heteroatoms. The summed E-state index contributed by atoms with van der Waals surface area (Å²) in [6.45, 7) is 2.17. The summed E-state index contributed by atoms with van der Waals surface area (Å²) >= 11 is 0. The molecule has 0 bridgehead atoms. The van der Waals surface area contributed by atoms with E-state index in [0.29, 0.717) is 30.9 Å². The summed E-state index contributed by atoms with van der Waals surface area (Å²) in [6.07, 6.45) is -2.58. The van der Waals surface area contributed by atoms with Gasteiger partial charge in [-0.2, -0.15) is 13.2 Å². The van der Waals surface area contributed by atoms with Crippen molar-refractivity contribution >= 4 is 12.2 Å². The minimum absolute atomic E-state index is 0.0419. The van der Waals surface area contributed by atoms with Crippen LogP contribution in [0, 0.1) is 11.6 Å². The van der Waals surface area contributed by atoms with Gasteiger partial charge >= 0.3 is 6.18 Å². The van der Waals surface area contributed by atoms with Gasteiger partial charge in [-0.15, -0.1) is 0 Å². The van der Waals surface area contributed by atoms with E-state index in [1.165, 1.54) is 30.3 Å². The number of para-hydroxylation sites is 1. The molecule has 5 rings (SSSR count). The van der Waals surface area contributed by atoms with Crippen molar-refractivity contribution in [2.24, 2.45) is 0 Å². The number of aromatic nitrogens is 1. The molecule has 0 amide bonds. The van der Waals surface area contributed by atoms with Gasteiger partial charge < -0.3 is 19.7 Å². The molecule has 2 atom stereocenters. The Morgan fingerprint density at radius 1 is 0.977 bits per heavy atom. The van der Waals surface area contributed by atoms with Crippen molar-refractivity contribution < 1.29 is 36.3 Å². The van der Waals surface area contributed by atoms with E-state index >= 15 is 0 Å². The first-order chi connectivity index (χ1) is 20.7. The lowest BCUT2D eigenvalue weighted by Gasteiger charge is -2.42. The molecule has 43 heavy (non-hydrogen) atoms. The molecule has 0 spiro atoms. The molecule has 226 valence electrons. The lowest BCUT2D eigenvalue weighted by atomic mass is 9.83. The Bertz CT molecular complexity index is 1460. The van der Waals surface area contributed by atoms with Crippen LogP contribution in [0.1, 0.15) is 34.1 Å². The lowest BCUT2D eigenvalue weighted by molar-refractivity contribution is -0.142. The molecule has 1 aliphatic heterocycles. The van der Waals surface area contributed by atoms with Crippen LogP contribution in [0.25, 0.3) is 12.2 Å². The number of aliphatic hydroxyl groups excluding tert-OH is 1. The zero-order valence-electron chi connectivity index (χ0n) is 23.0. The van der Waals surface area contributed by atoms with Crippen molar-refractivity contribution in [3.63, 3.8) is 0 Å². The van der Waals surface area contributed by atoms with Gasteiger partial charge in [0, 0.05) is 49.8 Å². The second kappa shape index (κ2) is 13.5. The highest BCUT2D eigenvalue weighted by Gasteiger charge is 2.35. The fourth-order valence-corrected chi connectivity index (χ4v) is 5.23. The summed E-state index contributed by atoms with van der Waals surface area (Å²) in [5, 5.41) is 17.5. The molecule has 1 fully saturated rings. The third-order valence-corrected chi connectivity index (χ3v) is 7.28. The van der Waals surface area contributed by atoms with Crippen molar-refractivity contribution in [1.29, 1.82) is 0 Å². The van der Waals surface area contributed by atoms with E-state index in [-0.39, 0.29) is 42.5 Å². The standard InChI is InChI=1S/C32H30F5N3O3/c33-24-10-5-22(6-11-24)31(23-7-12-25(34)13-8-23)28-18-38-15-16-40(28)19-26(41)20-42-29-4-2-1-3-21(29)9-14-27-17-30(39-43-27)32(35,36)37/h1-14,17,26,28,31,38,41H,15-16,18-20H2/b14-9+. The predicted molar refractivity (Wildman–Crippen MR) is 151 cm³/mol. The van der Waals surface area contributed by atoms with Gasteiger partial charge in [0.05, 0.1) is 0 Å². The largest absolute Gasteiger partial charge is 0.490 e. The molecule has 2 heterocycles. The molecule has 6 nitrogen and oxygen atoms in total. The number of nitrogens with one attached hydrogen (secondary N) is 1. The van der Waals surface area contributed by atoms with E-state index in [0.717, 1.165) is 17.2 Å². The summed E-state index contributed by atoms with van der Waals surface area (Å²) in [4.78, 5) is 2.15. The van der Waals surface area contributed by atoms with Crippen molar-refractivity contribution in [1.82, 2.24) is 15.4 Å². The van der Waals surface area contributed by atoms with Crippen molar-refractivity contribution in [3.8, 4) is 5.75 Å². The number of alkyl halides is 3. The Balaban J connectivity index is 1.28. The maximum absolute atomic E-state index is 13.8. The van der Waals surface area contributed by atoms with Gasteiger partial charge in [-0.25, -0.2) is 8.78 Å². The maximum atomic E-state index is 13.8. The molecule has 2 unspecified atom stereocenters. The molecule has 1 saturated heterocycles. The second-order valence-corrected chi connectivity index (χ2v) is 10.3. The Labute approximate surface area is 245 Å². The number of benzene rings is 3. The first kappa shape index (κ1) is 30.4. The Morgan fingerprint density at radius 2 is 1.63 bits per heavy atom. The Kier molecular flexibility index (Phi) is 9.54. The molecule has 0 aliphatic carbocycles. The first-order valence-electron chi connectivity index (χ1n) is 13.7. The molecule has 0 radical (unpaired) electrons. The number of nitrogens with zero attached hydrogens (tertiary/aromatic N) is 2. The lowest BCUT2D eigenvalue weighted by Crippen LogP contribution is -2.56. The average molecular weight is 600 g/mol. The van der Waals surface area contributed by atoms with E-state index in [4.69, 9.17) is 9.26 Å². The van der Waals surface area contributed by atoms with Gasteiger partial charge in [-0.3, -0.25) is 4.90 Å². The van der Waals surface area contributed by atoms with Crippen LogP contribution in [0.15, 0.2) is 83.4 Å². The number of hydrogen-bond donors (Lipinski definition) is 2. The summed E-state index contributed by atoms with van der Waals surface area (Å²) in [7, 11) is 0. The maximum Gasteiger partial charge on any atom is 0.436 e. The van der Waals surface area contributed by atoms with Crippen LogP contribution >= 0.6 is 0 Å². The van der Waals surface area contributed by atoms with Crippen LogP contribution in [0.2, 0.25) is 0 Å². The fourth-order valence-electron chi connectivity index (χ4n) is 5.23. The Hall–Kier alpha value is -4.06. The zero-order chi connectivity index (χ0) is 30.4. The SMILES string of the molecule is OC(COc1ccccc1/C=C/c1cc(C(F)(F)F)no1)CN1CCNCC1C(c1ccc(F)cc1)c1ccc(F)cc1. The number of β-amino-alcohol motifs (C(OH)–C–C–N with tert-alkyl or cyclic N) is 1. The summed E-state index contributed by atoms with van der Waals surface area (Å²) < 4.78 is 76.6. The summed E-state index contributed by atoms with van der Waals surface area (Å²) in [6, 6.07) is 20.1. The van der Waals surface area contributed by atoms with Crippen LogP contribution < -0.4 is 10.1 Å². The molecule has 2 N–H and O–H groups in total. The van der Waals surface area contributed by atoms with Gasteiger partial charge in [-0.05, 0) is 53.6 Å². The van der Waals surface area contributed by atoms with Crippen molar-refractivity contribution in [3.05, 3.63) is 119 Å². The number of piperazine rings is 1. The van der Waals surface area contributed by atoms with Gasteiger partial charge in [-0.1, -0.05) is 47.6 Å². The number of rotatable bonds is 10. The zero-order valence-corrected chi connectivity index (χ0v) is 23.0. The molecule has 1 aromatic heterocycles. The number of hydrogen-bond acceptors (Lipinski definition) is 6. The molecule has 4 aromatic rings. The normalized spacial score (nSPS) is 17.0. The monoisotopic (exact) mass is 599 g/mol. The van der Waals surface area contributed by atoms with Crippen LogP contribution in [-0.2, 0) is 6.18 Å². The molecule has 1 aliphatic rings. The first-order valence-corrected chi connectivity index (χ1v) is 13.7. The van der Waals surface area contributed by atoms with Crippen molar-refractivity contribution in [2.75, 3.05) is 32.8 Å². The van der Waals surface area contributed by atoms with E-state index in [1.807, 2.05) is 0 Å². The van der Waals surface area contributed by atoms with E-state index in [9.17, 15) is 27.1 Å². The van der Waals surface area contributed by atoms with Crippen molar-refractivity contribution in [2.45, 2.75) is 24.2 Å². The van der Waals surface area contributed by atoms with Crippen LogP contribution in [0.4, 0.5) is 22.0 Å². The van der Waals surface area contributed by atoms with Gasteiger partial charge in [0.1, 0.15) is 30.1 Å². The highest BCUT2D eigenvalue weighted by Crippen LogP contribution is 2.33. The summed E-state index contributed by atoms with van der Waals surface area (Å²) in [5.41, 5.74) is 1.19. The molecule has 3 aromatic carbocycles. The molecule has 0 saturated carbocycles. The van der Waals surface area contributed by atoms with Gasteiger partial charge in [0.2, 0.25) is 0 Å². The minimum atomic E-state index is -4.60. The predicted octanol–water partition coefficient (Wildman–Crippen LogP) is 5.99. The van der Waals surface area contributed by atoms with E-state index < -0.39 is 18.0 Å².